The van der Waals surface area contributed by atoms with Crippen LogP contribution >= 0.6 is 0 Å². The molecule has 0 aliphatic carbocycles. The molecule has 0 unspecified atom stereocenters. The predicted octanol–water partition coefficient (Wildman–Crippen LogP) is 4.13. The predicted molar refractivity (Wildman–Crippen MR) is 104 cm³/mol. The second-order valence-electron chi connectivity index (χ2n) is 7.00. The molecule has 0 saturated carbocycles. The summed E-state index contributed by atoms with van der Waals surface area (Å²) in [4.78, 5) is 18.1. The fraction of sp³-hybridized carbons (Fsp3) is 0.318. The maximum Gasteiger partial charge on any atom is 0.226 e. The van der Waals surface area contributed by atoms with Crippen LogP contribution in [-0.4, -0.2) is 36.0 Å². The first-order chi connectivity index (χ1) is 12.7. The maximum atomic E-state index is 12.5. The molecule has 1 N–H and O–H groups in total. The van der Waals surface area contributed by atoms with Crippen LogP contribution < -0.4 is 4.74 Å². The number of benzene rings is 2. The minimum Gasteiger partial charge on any atom is -0.497 e. The van der Waals surface area contributed by atoms with Crippen LogP contribution in [0.4, 0.5) is 0 Å². The monoisotopic (exact) mass is 348 g/mol. The number of piperidine rings is 1. The average molecular weight is 348 g/mol. The van der Waals surface area contributed by atoms with Crippen molar-refractivity contribution in [1.29, 1.82) is 0 Å². The van der Waals surface area contributed by atoms with Gasteiger partial charge in [-0.3, -0.25) is 4.79 Å². The first-order valence-electron chi connectivity index (χ1n) is 9.21. The van der Waals surface area contributed by atoms with Crippen molar-refractivity contribution in [1.82, 2.24) is 9.88 Å². The molecular weight excluding hydrogens is 324 g/mol. The lowest BCUT2D eigenvalue weighted by Crippen LogP contribution is -2.38. The van der Waals surface area contributed by atoms with E-state index in [1.807, 2.05) is 41.3 Å². The smallest absolute Gasteiger partial charge is 0.226 e. The van der Waals surface area contributed by atoms with E-state index in [9.17, 15) is 4.79 Å². The highest BCUT2D eigenvalue weighted by Gasteiger charge is 2.24. The molecule has 0 bridgehead atoms. The molecule has 26 heavy (non-hydrogen) atoms. The summed E-state index contributed by atoms with van der Waals surface area (Å²) >= 11 is 0. The van der Waals surface area contributed by atoms with Crippen molar-refractivity contribution < 1.29 is 9.53 Å². The first-order valence-corrected chi connectivity index (χ1v) is 9.21. The molecule has 0 radical (unpaired) electrons. The molecule has 1 amide bonds. The Morgan fingerprint density at radius 1 is 1.12 bits per heavy atom. The van der Waals surface area contributed by atoms with Gasteiger partial charge < -0.3 is 14.6 Å². The number of nitrogens with zero attached hydrogens (tertiary/aromatic N) is 1. The molecule has 0 spiro atoms. The highest BCUT2D eigenvalue weighted by atomic mass is 16.5. The fourth-order valence-electron chi connectivity index (χ4n) is 3.80. The Morgan fingerprint density at radius 3 is 2.62 bits per heavy atom. The number of ether oxygens (including phenoxy) is 1. The Labute approximate surface area is 153 Å². The lowest BCUT2D eigenvalue weighted by Gasteiger charge is -2.31. The number of hydrogen-bond acceptors (Lipinski definition) is 2. The van der Waals surface area contributed by atoms with Crippen molar-refractivity contribution in [3.63, 3.8) is 0 Å². The summed E-state index contributed by atoms with van der Waals surface area (Å²) in [6.45, 7) is 1.66. The number of carbonyl (C=O) groups excluding carboxylic acids is 1. The average Bonchev–Trinajstić information content (AvgIpc) is 3.12. The number of nitrogens with one attached hydrogen (secondary N) is 1. The zero-order chi connectivity index (χ0) is 17.9. The standard InChI is InChI=1S/C22H24N2O2/c1-26-19-7-8-20-18(14-19)15-21(23-20)17-9-11-24(12-10-17)22(25)13-16-5-3-2-4-6-16/h2-8,14-15,17,23H,9-13H2,1H3. The van der Waals surface area contributed by atoms with Gasteiger partial charge >= 0.3 is 0 Å². The highest BCUT2D eigenvalue weighted by Crippen LogP contribution is 2.31. The number of fused-ring (bicyclic) bond motifs is 1. The largest absolute Gasteiger partial charge is 0.497 e. The van der Waals surface area contributed by atoms with Crippen molar-refractivity contribution in [2.24, 2.45) is 0 Å². The van der Waals surface area contributed by atoms with Crippen LogP contribution in [0.1, 0.15) is 30.0 Å². The second kappa shape index (κ2) is 7.24. The molecule has 4 heteroatoms. The summed E-state index contributed by atoms with van der Waals surface area (Å²) < 4.78 is 5.31. The van der Waals surface area contributed by atoms with E-state index in [-0.39, 0.29) is 5.91 Å². The third-order valence-corrected chi connectivity index (χ3v) is 5.33. The third kappa shape index (κ3) is 3.45. The van der Waals surface area contributed by atoms with E-state index < -0.39 is 0 Å². The van der Waals surface area contributed by atoms with Gasteiger partial charge in [-0.25, -0.2) is 0 Å². The summed E-state index contributed by atoms with van der Waals surface area (Å²) in [5, 5.41) is 1.18. The molecule has 2 heterocycles. The van der Waals surface area contributed by atoms with E-state index >= 15 is 0 Å². The first kappa shape index (κ1) is 16.7. The Kier molecular flexibility index (Phi) is 4.65. The summed E-state index contributed by atoms with van der Waals surface area (Å²) in [5.74, 6) is 1.59. The van der Waals surface area contributed by atoms with E-state index in [1.165, 1.54) is 11.1 Å². The molecule has 3 aromatic rings. The number of amides is 1. The van der Waals surface area contributed by atoms with Gasteiger partial charge in [0.25, 0.3) is 0 Å². The SMILES string of the molecule is COc1ccc2[nH]c(C3CCN(C(=O)Cc4ccccc4)CC3)cc2c1. The van der Waals surface area contributed by atoms with Gasteiger partial charge in [0.2, 0.25) is 5.91 Å². The van der Waals surface area contributed by atoms with Crippen molar-refractivity contribution in [3.8, 4) is 5.75 Å². The van der Waals surface area contributed by atoms with Gasteiger partial charge in [0.1, 0.15) is 5.75 Å². The molecule has 1 fully saturated rings. The van der Waals surface area contributed by atoms with Crippen LogP contribution in [0.5, 0.6) is 5.75 Å². The summed E-state index contributed by atoms with van der Waals surface area (Å²) in [7, 11) is 1.69. The van der Waals surface area contributed by atoms with Gasteiger partial charge in [-0.2, -0.15) is 0 Å². The third-order valence-electron chi connectivity index (χ3n) is 5.33. The van der Waals surface area contributed by atoms with E-state index in [0.717, 1.165) is 42.8 Å². The summed E-state index contributed by atoms with van der Waals surface area (Å²) in [6.07, 6.45) is 2.51. The minimum atomic E-state index is 0.232. The van der Waals surface area contributed by atoms with E-state index in [1.54, 1.807) is 7.11 Å². The number of hydrogen-bond donors (Lipinski definition) is 1. The number of likely N-dealkylation sites (tertiary alicyclic amines) is 1. The van der Waals surface area contributed by atoms with Crippen LogP contribution in [0, 0.1) is 0 Å². The van der Waals surface area contributed by atoms with Crippen LogP contribution in [0.2, 0.25) is 0 Å². The zero-order valence-corrected chi connectivity index (χ0v) is 15.1. The highest BCUT2D eigenvalue weighted by molar-refractivity contribution is 5.82. The lowest BCUT2D eigenvalue weighted by molar-refractivity contribution is -0.131. The topological polar surface area (TPSA) is 45.3 Å². The quantitative estimate of drug-likeness (QED) is 0.771. The van der Waals surface area contributed by atoms with Gasteiger partial charge in [-0.1, -0.05) is 30.3 Å². The van der Waals surface area contributed by atoms with E-state index in [2.05, 4.69) is 23.2 Å². The summed E-state index contributed by atoms with van der Waals surface area (Å²) in [5.41, 5.74) is 3.50. The minimum absolute atomic E-state index is 0.232. The fourth-order valence-corrected chi connectivity index (χ4v) is 3.80. The van der Waals surface area contributed by atoms with Crippen molar-refractivity contribution in [3.05, 3.63) is 65.9 Å². The molecule has 4 rings (SSSR count). The molecule has 2 aromatic carbocycles. The van der Waals surface area contributed by atoms with Gasteiger partial charge in [0, 0.05) is 35.6 Å². The van der Waals surface area contributed by atoms with Crippen molar-refractivity contribution in [2.75, 3.05) is 20.2 Å². The number of H-pyrrole nitrogens is 1. The molecular formula is C22H24N2O2. The maximum absolute atomic E-state index is 12.5. The van der Waals surface area contributed by atoms with Gasteiger partial charge in [-0.05, 0) is 42.7 Å². The molecule has 1 aromatic heterocycles. The van der Waals surface area contributed by atoms with Crippen LogP contribution in [0.25, 0.3) is 10.9 Å². The molecule has 0 atom stereocenters. The van der Waals surface area contributed by atoms with Crippen molar-refractivity contribution in [2.45, 2.75) is 25.2 Å². The number of rotatable bonds is 4. The van der Waals surface area contributed by atoms with Crippen LogP contribution in [0.3, 0.4) is 0 Å². The van der Waals surface area contributed by atoms with Crippen LogP contribution in [-0.2, 0) is 11.2 Å². The molecule has 1 aliphatic rings. The number of methoxy groups -OCH3 is 1. The molecule has 134 valence electrons. The number of aromatic amines is 1. The summed E-state index contributed by atoms with van der Waals surface area (Å²) in [6, 6.07) is 18.3. The van der Waals surface area contributed by atoms with E-state index in [0.29, 0.717) is 12.3 Å². The van der Waals surface area contributed by atoms with Crippen molar-refractivity contribution >= 4 is 16.8 Å². The zero-order valence-electron chi connectivity index (χ0n) is 15.1. The Hall–Kier alpha value is -2.75. The van der Waals surface area contributed by atoms with Gasteiger partial charge in [0.05, 0.1) is 13.5 Å². The molecule has 1 aliphatic heterocycles. The number of carbonyl (C=O) groups is 1. The van der Waals surface area contributed by atoms with Gasteiger partial charge in [0.15, 0.2) is 0 Å². The Bertz CT molecular complexity index is 893. The second-order valence-corrected chi connectivity index (χ2v) is 7.00. The Morgan fingerprint density at radius 2 is 1.88 bits per heavy atom. The number of aromatic nitrogens is 1. The van der Waals surface area contributed by atoms with Gasteiger partial charge in [-0.15, -0.1) is 0 Å². The Balaban J connectivity index is 1.39. The normalized spacial score (nSPS) is 15.3. The molecule has 1 saturated heterocycles. The lowest BCUT2D eigenvalue weighted by atomic mass is 9.93. The van der Waals surface area contributed by atoms with E-state index in [4.69, 9.17) is 4.74 Å². The molecule has 4 nitrogen and oxygen atoms in total. The van der Waals surface area contributed by atoms with Crippen LogP contribution in [0.15, 0.2) is 54.6 Å².